The predicted molar refractivity (Wildman–Crippen MR) is 109 cm³/mol. The van der Waals surface area contributed by atoms with Crippen molar-refractivity contribution in [2.24, 2.45) is 17.8 Å². The van der Waals surface area contributed by atoms with Gasteiger partial charge in [0.1, 0.15) is 11.6 Å². The summed E-state index contributed by atoms with van der Waals surface area (Å²) in [4.78, 5) is 0. The monoisotopic (exact) mass is 370 g/mol. The second-order valence-corrected chi connectivity index (χ2v) is 8.31. The van der Waals surface area contributed by atoms with Crippen LogP contribution in [0.25, 0.3) is 5.57 Å². The molecule has 2 aliphatic carbocycles. The van der Waals surface area contributed by atoms with Crippen molar-refractivity contribution in [2.45, 2.75) is 77.6 Å². The fraction of sp³-hybridized carbons (Fsp3) is 0.600. The SMILES string of the molecule is CCCCCC#CC1CCC(C2CC=C(c3cc(F)cc(F)c3)CC2)CC1. The van der Waals surface area contributed by atoms with Crippen LogP contribution in [0.1, 0.15) is 83.1 Å². The summed E-state index contributed by atoms with van der Waals surface area (Å²) in [5, 5.41) is 0. The Kier molecular flexibility index (Phi) is 7.50. The van der Waals surface area contributed by atoms with Crippen LogP contribution in [-0.2, 0) is 0 Å². The van der Waals surface area contributed by atoms with E-state index < -0.39 is 11.6 Å². The first-order valence-electron chi connectivity index (χ1n) is 10.8. The van der Waals surface area contributed by atoms with Gasteiger partial charge in [-0.05, 0) is 86.5 Å². The van der Waals surface area contributed by atoms with E-state index in [2.05, 4.69) is 24.8 Å². The van der Waals surface area contributed by atoms with Gasteiger partial charge in [0, 0.05) is 18.4 Å². The lowest BCUT2D eigenvalue weighted by molar-refractivity contribution is 0.215. The van der Waals surface area contributed by atoms with Crippen molar-refractivity contribution in [1.29, 1.82) is 0 Å². The number of halogens is 2. The highest BCUT2D eigenvalue weighted by molar-refractivity contribution is 5.66. The van der Waals surface area contributed by atoms with Crippen LogP contribution in [0.2, 0.25) is 0 Å². The van der Waals surface area contributed by atoms with E-state index in [4.69, 9.17) is 0 Å². The van der Waals surface area contributed by atoms with Gasteiger partial charge in [-0.3, -0.25) is 0 Å². The summed E-state index contributed by atoms with van der Waals surface area (Å²) in [6.07, 6.45) is 15.3. The summed E-state index contributed by atoms with van der Waals surface area (Å²) in [5.74, 6) is 8.07. The van der Waals surface area contributed by atoms with Crippen molar-refractivity contribution in [3.63, 3.8) is 0 Å². The molecule has 27 heavy (non-hydrogen) atoms. The van der Waals surface area contributed by atoms with E-state index in [1.54, 1.807) is 0 Å². The van der Waals surface area contributed by atoms with Crippen LogP contribution in [0.3, 0.4) is 0 Å². The van der Waals surface area contributed by atoms with Gasteiger partial charge in [0.05, 0.1) is 0 Å². The average Bonchev–Trinajstić information content (AvgIpc) is 2.68. The number of unbranched alkanes of at least 4 members (excludes halogenated alkanes) is 3. The molecular weight excluding hydrogens is 338 g/mol. The summed E-state index contributed by atoms with van der Waals surface area (Å²) >= 11 is 0. The first-order valence-corrected chi connectivity index (χ1v) is 10.8. The van der Waals surface area contributed by atoms with Gasteiger partial charge in [0.25, 0.3) is 0 Å². The van der Waals surface area contributed by atoms with E-state index in [1.807, 2.05) is 0 Å². The quantitative estimate of drug-likeness (QED) is 0.371. The second-order valence-electron chi connectivity index (χ2n) is 8.31. The lowest BCUT2D eigenvalue weighted by Crippen LogP contribution is -2.22. The molecule has 0 amide bonds. The molecule has 0 radical (unpaired) electrons. The maximum atomic E-state index is 13.5. The first-order chi connectivity index (χ1) is 13.2. The largest absolute Gasteiger partial charge is 0.207 e. The van der Waals surface area contributed by atoms with Gasteiger partial charge in [-0.25, -0.2) is 8.78 Å². The Morgan fingerprint density at radius 1 is 0.926 bits per heavy atom. The van der Waals surface area contributed by atoms with Gasteiger partial charge < -0.3 is 0 Å². The van der Waals surface area contributed by atoms with Crippen LogP contribution in [0.5, 0.6) is 0 Å². The molecule has 0 heterocycles. The predicted octanol–water partition coefficient (Wildman–Crippen LogP) is 7.54. The molecule has 0 spiro atoms. The Hall–Kier alpha value is -1.62. The van der Waals surface area contributed by atoms with Crippen molar-refractivity contribution in [3.05, 3.63) is 41.5 Å². The Balaban J connectivity index is 1.47. The zero-order chi connectivity index (χ0) is 19.1. The summed E-state index contributed by atoms with van der Waals surface area (Å²) in [6.45, 7) is 2.23. The van der Waals surface area contributed by atoms with Gasteiger partial charge in [0.15, 0.2) is 0 Å². The maximum absolute atomic E-state index is 13.5. The minimum atomic E-state index is -0.484. The third-order valence-corrected chi connectivity index (χ3v) is 6.33. The standard InChI is InChI=1S/C25H32F2/c1-2-3-4-5-6-7-19-8-10-20(11-9-19)21-12-14-22(15-13-21)23-16-24(26)18-25(27)17-23/h14,16-21H,2-5,8-13,15H2,1H3. The van der Waals surface area contributed by atoms with Crippen molar-refractivity contribution in [1.82, 2.24) is 0 Å². The lowest BCUT2D eigenvalue weighted by Gasteiger charge is -2.34. The molecule has 1 saturated carbocycles. The topological polar surface area (TPSA) is 0 Å². The Bertz CT molecular complexity index is 679. The molecule has 0 saturated heterocycles. The van der Waals surface area contributed by atoms with Crippen molar-refractivity contribution in [2.75, 3.05) is 0 Å². The summed E-state index contributed by atoms with van der Waals surface area (Å²) in [5.41, 5.74) is 1.82. The van der Waals surface area contributed by atoms with E-state index in [-0.39, 0.29) is 0 Å². The molecule has 1 unspecified atom stereocenters. The van der Waals surface area contributed by atoms with E-state index >= 15 is 0 Å². The molecule has 1 aromatic rings. The average molecular weight is 371 g/mol. The Morgan fingerprint density at radius 3 is 2.30 bits per heavy atom. The molecule has 0 nitrogen and oxygen atoms in total. The van der Waals surface area contributed by atoms with Crippen LogP contribution in [-0.4, -0.2) is 0 Å². The smallest absolute Gasteiger partial charge is 0.126 e. The van der Waals surface area contributed by atoms with E-state index in [1.165, 1.54) is 57.1 Å². The fourth-order valence-corrected chi connectivity index (χ4v) is 4.70. The zero-order valence-corrected chi connectivity index (χ0v) is 16.6. The van der Waals surface area contributed by atoms with Crippen molar-refractivity contribution < 1.29 is 8.78 Å². The molecular formula is C25H32F2. The number of rotatable bonds is 5. The molecule has 1 aromatic carbocycles. The lowest BCUT2D eigenvalue weighted by atomic mass is 9.71. The molecule has 0 N–H and O–H groups in total. The van der Waals surface area contributed by atoms with Crippen LogP contribution < -0.4 is 0 Å². The van der Waals surface area contributed by atoms with Gasteiger partial charge >= 0.3 is 0 Å². The minimum absolute atomic E-state index is 0.484. The van der Waals surface area contributed by atoms with Crippen LogP contribution >= 0.6 is 0 Å². The molecule has 0 aliphatic heterocycles. The molecule has 0 aromatic heterocycles. The molecule has 2 aliphatic rings. The van der Waals surface area contributed by atoms with Gasteiger partial charge in [-0.1, -0.05) is 31.8 Å². The Morgan fingerprint density at radius 2 is 1.67 bits per heavy atom. The van der Waals surface area contributed by atoms with E-state index in [0.29, 0.717) is 11.5 Å². The number of allylic oxidation sites excluding steroid dienone is 2. The van der Waals surface area contributed by atoms with Gasteiger partial charge in [-0.2, -0.15) is 0 Å². The van der Waals surface area contributed by atoms with Gasteiger partial charge in [-0.15, -0.1) is 5.92 Å². The summed E-state index contributed by atoms with van der Waals surface area (Å²) in [6, 6.07) is 3.86. The van der Waals surface area contributed by atoms with Crippen molar-refractivity contribution in [3.8, 4) is 11.8 Å². The number of hydrogen-bond donors (Lipinski definition) is 0. The van der Waals surface area contributed by atoms with E-state index in [9.17, 15) is 8.78 Å². The zero-order valence-electron chi connectivity index (χ0n) is 16.6. The highest BCUT2D eigenvalue weighted by Gasteiger charge is 2.28. The number of hydrogen-bond acceptors (Lipinski definition) is 0. The minimum Gasteiger partial charge on any atom is -0.207 e. The Labute approximate surface area is 163 Å². The van der Waals surface area contributed by atoms with Crippen molar-refractivity contribution >= 4 is 5.57 Å². The normalized spacial score (nSPS) is 25.4. The first kappa shape index (κ1) is 20.1. The highest BCUT2D eigenvalue weighted by Crippen LogP contribution is 2.41. The molecule has 1 atom stereocenters. The molecule has 0 bridgehead atoms. The third-order valence-electron chi connectivity index (χ3n) is 6.33. The van der Waals surface area contributed by atoms with Crippen LogP contribution in [0, 0.1) is 41.2 Å². The highest BCUT2D eigenvalue weighted by atomic mass is 19.1. The molecule has 1 fully saturated rings. The summed E-state index contributed by atoms with van der Waals surface area (Å²) in [7, 11) is 0. The van der Waals surface area contributed by atoms with E-state index in [0.717, 1.165) is 49.2 Å². The van der Waals surface area contributed by atoms with Gasteiger partial charge in [0.2, 0.25) is 0 Å². The van der Waals surface area contributed by atoms with Crippen LogP contribution in [0.4, 0.5) is 8.78 Å². The fourth-order valence-electron chi connectivity index (χ4n) is 4.70. The molecule has 2 heteroatoms. The van der Waals surface area contributed by atoms with Crippen LogP contribution in [0.15, 0.2) is 24.3 Å². The summed E-state index contributed by atoms with van der Waals surface area (Å²) < 4.78 is 26.9. The molecule has 146 valence electrons. The number of benzene rings is 1. The maximum Gasteiger partial charge on any atom is 0.126 e. The third kappa shape index (κ3) is 5.93. The second kappa shape index (κ2) is 10.1. The molecule has 3 rings (SSSR count).